The van der Waals surface area contributed by atoms with Crippen LogP contribution in [0.5, 0.6) is 5.75 Å². The summed E-state index contributed by atoms with van der Waals surface area (Å²) in [4.78, 5) is 16.8. The van der Waals surface area contributed by atoms with Gasteiger partial charge in [-0.25, -0.2) is 4.98 Å². The minimum Gasteiger partial charge on any atom is -0.467 e. The van der Waals surface area contributed by atoms with Crippen molar-refractivity contribution in [2.45, 2.75) is 37.6 Å². The lowest BCUT2D eigenvalue weighted by atomic mass is 9.80. The Labute approximate surface area is 153 Å². The molecule has 0 unspecified atom stereocenters. The van der Waals surface area contributed by atoms with Crippen molar-refractivity contribution in [3.8, 4) is 16.9 Å². The fraction of sp³-hybridized carbons (Fsp3) is 0.444. The summed E-state index contributed by atoms with van der Waals surface area (Å²) in [6.45, 7) is -0.190. The maximum absolute atomic E-state index is 13.0. The Hall–Kier alpha value is -2.39. The SMILES string of the molecule is COCOc1cc(C(F)(F)F)ccc1-c1cncn(CC2(O)CCC2)c1=O. The lowest BCUT2D eigenvalue weighted by Crippen LogP contribution is -2.43. The normalized spacial score (nSPS) is 16.0. The van der Waals surface area contributed by atoms with Crippen molar-refractivity contribution in [1.82, 2.24) is 9.55 Å². The van der Waals surface area contributed by atoms with E-state index in [4.69, 9.17) is 9.47 Å². The third-order valence-electron chi connectivity index (χ3n) is 4.58. The van der Waals surface area contributed by atoms with Crippen molar-refractivity contribution >= 4 is 0 Å². The summed E-state index contributed by atoms with van der Waals surface area (Å²) in [6, 6.07) is 2.88. The molecule has 1 heterocycles. The maximum atomic E-state index is 13.0. The zero-order chi connectivity index (χ0) is 19.7. The van der Waals surface area contributed by atoms with E-state index in [9.17, 15) is 23.1 Å². The second-order valence-corrected chi connectivity index (χ2v) is 6.58. The first-order chi connectivity index (χ1) is 12.7. The number of aromatic nitrogens is 2. The zero-order valence-electron chi connectivity index (χ0n) is 14.6. The molecule has 0 saturated heterocycles. The van der Waals surface area contributed by atoms with Gasteiger partial charge in [-0.3, -0.25) is 9.36 Å². The molecule has 0 atom stereocenters. The van der Waals surface area contributed by atoms with Crippen LogP contribution < -0.4 is 10.3 Å². The molecule has 6 nitrogen and oxygen atoms in total. The first-order valence-electron chi connectivity index (χ1n) is 8.34. The average molecular weight is 384 g/mol. The van der Waals surface area contributed by atoms with Crippen molar-refractivity contribution in [2.75, 3.05) is 13.9 Å². The zero-order valence-corrected chi connectivity index (χ0v) is 14.6. The van der Waals surface area contributed by atoms with Crippen LogP contribution >= 0.6 is 0 Å². The largest absolute Gasteiger partial charge is 0.467 e. The van der Waals surface area contributed by atoms with E-state index in [0.29, 0.717) is 12.8 Å². The average Bonchev–Trinajstić information content (AvgIpc) is 2.59. The first kappa shape index (κ1) is 19.4. The Balaban J connectivity index is 2.03. The summed E-state index contributed by atoms with van der Waals surface area (Å²) in [5.74, 6) is -0.134. The molecule has 1 saturated carbocycles. The number of ether oxygens (including phenoxy) is 2. The van der Waals surface area contributed by atoms with Gasteiger partial charge in [0.05, 0.1) is 29.6 Å². The van der Waals surface area contributed by atoms with Crippen molar-refractivity contribution < 1.29 is 27.8 Å². The summed E-state index contributed by atoms with van der Waals surface area (Å²) in [6.07, 6.45) is 0.0880. The molecule has 0 amide bonds. The van der Waals surface area contributed by atoms with Crippen LogP contribution in [0, 0.1) is 0 Å². The van der Waals surface area contributed by atoms with Crippen LogP contribution in [0.25, 0.3) is 11.1 Å². The third-order valence-corrected chi connectivity index (χ3v) is 4.58. The molecule has 3 rings (SSSR count). The number of aliphatic hydroxyl groups is 1. The Morgan fingerprint density at radius 1 is 1.30 bits per heavy atom. The van der Waals surface area contributed by atoms with Gasteiger partial charge in [-0.2, -0.15) is 13.2 Å². The summed E-state index contributed by atoms with van der Waals surface area (Å²) in [7, 11) is 1.34. The lowest BCUT2D eigenvalue weighted by molar-refractivity contribution is -0.137. The van der Waals surface area contributed by atoms with Gasteiger partial charge in [-0.1, -0.05) is 0 Å². The molecular formula is C18H19F3N2O4. The maximum Gasteiger partial charge on any atom is 0.416 e. The van der Waals surface area contributed by atoms with Gasteiger partial charge >= 0.3 is 6.18 Å². The highest BCUT2D eigenvalue weighted by Crippen LogP contribution is 2.36. The smallest absolute Gasteiger partial charge is 0.416 e. The van der Waals surface area contributed by atoms with Crippen LogP contribution in [0.2, 0.25) is 0 Å². The van der Waals surface area contributed by atoms with E-state index in [1.165, 1.54) is 30.3 Å². The minimum absolute atomic E-state index is 0.0836. The van der Waals surface area contributed by atoms with Gasteiger partial charge in [0.2, 0.25) is 0 Å². The second kappa shape index (κ2) is 7.32. The standard InChI is InChI=1S/C18H19F3N2O4/c1-26-11-27-15-7-12(18(19,20)21)3-4-13(15)14-8-22-10-23(16(14)24)9-17(25)5-2-6-17/h3-4,7-8,10,25H,2,5-6,9,11H2,1H3. The molecule has 2 aromatic rings. The Kier molecular flexibility index (Phi) is 5.25. The van der Waals surface area contributed by atoms with Crippen molar-refractivity contribution in [3.05, 3.63) is 46.6 Å². The van der Waals surface area contributed by atoms with Crippen molar-refractivity contribution in [3.63, 3.8) is 0 Å². The number of alkyl halides is 3. The number of rotatable bonds is 6. The highest BCUT2D eigenvalue weighted by Gasteiger charge is 2.35. The Morgan fingerprint density at radius 3 is 2.63 bits per heavy atom. The van der Waals surface area contributed by atoms with Crippen LogP contribution in [-0.2, 0) is 17.5 Å². The number of hydrogen-bond donors (Lipinski definition) is 1. The third kappa shape index (κ3) is 4.14. The number of methoxy groups -OCH3 is 1. The van der Waals surface area contributed by atoms with Crippen LogP contribution in [0.1, 0.15) is 24.8 Å². The monoisotopic (exact) mass is 384 g/mol. The molecule has 9 heteroatoms. The van der Waals surface area contributed by atoms with Crippen LogP contribution in [0.3, 0.4) is 0 Å². The molecule has 0 aliphatic heterocycles. The van der Waals surface area contributed by atoms with Crippen LogP contribution in [-0.4, -0.2) is 34.2 Å². The molecule has 1 aliphatic rings. The highest BCUT2D eigenvalue weighted by atomic mass is 19.4. The molecule has 1 N–H and O–H groups in total. The van der Waals surface area contributed by atoms with Gasteiger partial charge in [0.1, 0.15) is 5.75 Å². The van der Waals surface area contributed by atoms with Gasteiger partial charge < -0.3 is 14.6 Å². The predicted molar refractivity (Wildman–Crippen MR) is 90.2 cm³/mol. The fourth-order valence-electron chi connectivity index (χ4n) is 2.97. The van der Waals surface area contributed by atoms with E-state index in [-0.39, 0.29) is 30.2 Å². The van der Waals surface area contributed by atoms with E-state index >= 15 is 0 Å². The molecule has 146 valence electrons. The summed E-state index contributed by atoms with van der Waals surface area (Å²) in [5, 5.41) is 10.3. The molecule has 1 aromatic carbocycles. The molecule has 1 aromatic heterocycles. The molecule has 1 aliphatic carbocycles. The quantitative estimate of drug-likeness (QED) is 0.776. The minimum atomic E-state index is -4.55. The number of hydrogen-bond acceptors (Lipinski definition) is 5. The van der Waals surface area contributed by atoms with Gasteiger partial charge in [0.15, 0.2) is 6.79 Å². The number of benzene rings is 1. The Morgan fingerprint density at radius 2 is 2.04 bits per heavy atom. The summed E-state index contributed by atoms with van der Waals surface area (Å²) in [5.41, 5.74) is -2.05. The summed E-state index contributed by atoms with van der Waals surface area (Å²) >= 11 is 0. The molecule has 27 heavy (non-hydrogen) atoms. The summed E-state index contributed by atoms with van der Waals surface area (Å²) < 4.78 is 50.3. The topological polar surface area (TPSA) is 73.6 Å². The highest BCUT2D eigenvalue weighted by molar-refractivity contribution is 5.69. The lowest BCUT2D eigenvalue weighted by Gasteiger charge is -2.36. The first-order valence-corrected chi connectivity index (χ1v) is 8.34. The Bertz CT molecular complexity index is 876. The number of nitrogens with zero attached hydrogens (tertiary/aromatic N) is 2. The van der Waals surface area contributed by atoms with Crippen molar-refractivity contribution in [1.29, 1.82) is 0 Å². The molecule has 1 fully saturated rings. The van der Waals surface area contributed by atoms with Gasteiger partial charge in [-0.15, -0.1) is 0 Å². The second-order valence-electron chi connectivity index (χ2n) is 6.58. The van der Waals surface area contributed by atoms with Crippen LogP contribution in [0.4, 0.5) is 13.2 Å². The molecule has 0 bridgehead atoms. The van der Waals surface area contributed by atoms with Crippen LogP contribution in [0.15, 0.2) is 35.5 Å². The van der Waals surface area contributed by atoms with E-state index in [2.05, 4.69) is 4.98 Å². The molecule has 0 spiro atoms. The van der Waals surface area contributed by atoms with E-state index in [1.54, 1.807) is 0 Å². The van der Waals surface area contributed by atoms with Gasteiger partial charge in [-0.05, 0) is 37.5 Å². The van der Waals surface area contributed by atoms with E-state index in [0.717, 1.165) is 18.6 Å². The van der Waals surface area contributed by atoms with E-state index in [1.807, 2.05) is 0 Å². The predicted octanol–water partition coefficient (Wildman–Crippen LogP) is 2.83. The fourth-order valence-corrected chi connectivity index (χ4v) is 2.97. The molecule has 0 radical (unpaired) electrons. The van der Waals surface area contributed by atoms with E-state index < -0.39 is 22.9 Å². The number of halogens is 3. The van der Waals surface area contributed by atoms with Crippen molar-refractivity contribution in [2.24, 2.45) is 0 Å². The van der Waals surface area contributed by atoms with Gasteiger partial charge in [0.25, 0.3) is 5.56 Å². The van der Waals surface area contributed by atoms with Gasteiger partial charge in [0, 0.05) is 18.9 Å². The molecular weight excluding hydrogens is 365 g/mol.